The Kier molecular flexibility index (Phi) is 3.67. The van der Waals surface area contributed by atoms with Gasteiger partial charge in [0, 0.05) is 11.7 Å². The van der Waals surface area contributed by atoms with Crippen LogP contribution in [-0.2, 0) is 0 Å². The van der Waals surface area contributed by atoms with Crippen molar-refractivity contribution in [3.63, 3.8) is 0 Å². The Morgan fingerprint density at radius 1 is 1.30 bits per heavy atom. The molecule has 1 saturated carbocycles. The molecule has 2 aromatic rings. The quantitative estimate of drug-likeness (QED) is 0.806. The van der Waals surface area contributed by atoms with E-state index in [-0.39, 0.29) is 0 Å². The molecule has 1 fully saturated rings. The maximum Gasteiger partial charge on any atom is 0.179 e. The monoisotopic (exact) mass is 289 g/mol. The van der Waals surface area contributed by atoms with Crippen molar-refractivity contribution < 1.29 is 0 Å². The third-order valence-corrected chi connectivity index (χ3v) is 4.97. The van der Waals surface area contributed by atoms with Gasteiger partial charge in [-0.2, -0.15) is 0 Å². The van der Waals surface area contributed by atoms with Crippen LogP contribution in [0.2, 0.25) is 0 Å². The molecule has 20 heavy (non-hydrogen) atoms. The maximum atomic E-state index is 5.58. The van der Waals surface area contributed by atoms with Crippen LogP contribution in [0.3, 0.4) is 0 Å². The number of aromatic nitrogens is 3. The van der Waals surface area contributed by atoms with Crippen molar-refractivity contribution in [3.05, 3.63) is 22.6 Å². The molecule has 0 saturated heterocycles. The highest BCUT2D eigenvalue weighted by atomic mass is 32.1. The Morgan fingerprint density at radius 2 is 2.05 bits per heavy atom. The molecule has 0 radical (unpaired) electrons. The zero-order chi connectivity index (χ0) is 14.3. The fourth-order valence-electron chi connectivity index (χ4n) is 3.64. The fraction of sp³-hybridized carbons (Fsp3) is 0.625. The second-order valence-corrected chi connectivity index (χ2v) is 6.77. The molecule has 2 atom stereocenters. The van der Waals surface area contributed by atoms with Crippen LogP contribution in [0.25, 0.3) is 11.2 Å². The van der Waals surface area contributed by atoms with Crippen LogP contribution < -0.4 is 0 Å². The van der Waals surface area contributed by atoms with Crippen molar-refractivity contribution in [2.75, 3.05) is 0 Å². The maximum absolute atomic E-state index is 5.58. The molecule has 2 unspecified atom stereocenters. The molecular weight excluding hydrogens is 266 g/mol. The first kappa shape index (κ1) is 13.8. The number of rotatable bonds is 2. The Bertz CT molecular complexity index is 668. The first-order chi connectivity index (χ1) is 9.58. The third kappa shape index (κ3) is 2.30. The van der Waals surface area contributed by atoms with Crippen LogP contribution in [0.15, 0.2) is 12.1 Å². The second kappa shape index (κ2) is 5.32. The summed E-state index contributed by atoms with van der Waals surface area (Å²) in [7, 11) is 0. The number of nitrogens with zero attached hydrogens (tertiary/aromatic N) is 2. The van der Waals surface area contributed by atoms with Gasteiger partial charge in [-0.3, -0.25) is 4.57 Å². The van der Waals surface area contributed by atoms with E-state index in [1.807, 2.05) is 13.0 Å². The van der Waals surface area contributed by atoms with Crippen LogP contribution in [0.1, 0.15) is 51.3 Å². The third-order valence-electron chi connectivity index (χ3n) is 4.67. The van der Waals surface area contributed by atoms with E-state index < -0.39 is 0 Å². The molecule has 0 aromatic carbocycles. The van der Waals surface area contributed by atoms with E-state index in [0.717, 1.165) is 21.6 Å². The number of pyridine rings is 1. The predicted molar refractivity (Wildman–Crippen MR) is 85.5 cm³/mol. The van der Waals surface area contributed by atoms with Gasteiger partial charge in [-0.25, -0.2) is 4.98 Å². The lowest BCUT2D eigenvalue weighted by atomic mass is 9.77. The highest BCUT2D eigenvalue weighted by molar-refractivity contribution is 7.71. The van der Waals surface area contributed by atoms with Crippen LogP contribution in [0.4, 0.5) is 0 Å². The number of H-pyrrole nitrogens is 1. The summed E-state index contributed by atoms with van der Waals surface area (Å²) < 4.78 is 3.12. The first-order valence-electron chi connectivity index (χ1n) is 7.66. The number of hydrogen-bond acceptors (Lipinski definition) is 2. The molecule has 3 rings (SSSR count). The van der Waals surface area contributed by atoms with Gasteiger partial charge in [-0.05, 0) is 56.0 Å². The molecule has 1 aliphatic rings. The highest BCUT2D eigenvalue weighted by Crippen LogP contribution is 2.39. The smallest absolute Gasteiger partial charge is 0.179 e. The SMILES string of the molecule is Cc1ccc2[nH]c(=S)n(C3CCCCC3C(C)C)c2n1. The summed E-state index contributed by atoms with van der Waals surface area (Å²) in [6.07, 6.45) is 5.18. The zero-order valence-electron chi connectivity index (χ0n) is 12.5. The Labute approximate surface area is 125 Å². The minimum absolute atomic E-state index is 0.499. The van der Waals surface area contributed by atoms with Crippen LogP contribution in [-0.4, -0.2) is 14.5 Å². The van der Waals surface area contributed by atoms with Gasteiger partial charge in [-0.15, -0.1) is 0 Å². The van der Waals surface area contributed by atoms with Crippen LogP contribution in [0, 0.1) is 23.5 Å². The number of nitrogens with one attached hydrogen (secondary N) is 1. The summed E-state index contributed by atoms with van der Waals surface area (Å²) in [5, 5.41) is 0. The number of imidazole rings is 1. The second-order valence-electron chi connectivity index (χ2n) is 6.38. The molecule has 0 spiro atoms. The summed E-state index contributed by atoms with van der Waals surface area (Å²) in [6.45, 7) is 6.71. The van der Waals surface area contributed by atoms with Crippen molar-refractivity contribution in [1.82, 2.24) is 14.5 Å². The van der Waals surface area contributed by atoms with Gasteiger partial charge in [0.15, 0.2) is 10.4 Å². The van der Waals surface area contributed by atoms with Crippen molar-refractivity contribution in [1.29, 1.82) is 0 Å². The van der Waals surface area contributed by atoms with E-state index in [4.69, 9.17) is 17.2 Å². The lowest BCUT2D eigenvalue weighted by Crippen LogP contribution is -2.27. The number of hydrogen-bond donors (Lipinski definition) is 1. The Hall–Kier alpha value is -1.16. The molecule has 0 bridgehead atoms. The van der Waals surface area contributed by atoms with Gasteiger partial charge in [0.2, 0.25) is 0 Å². The summed E-state index contributed by atoms with van der Waals surface area (Å²) in [6, 6.07) is 4.63. The molecular formula is C16H23N3S. The van der Waals surface area contributed by atoms with E-state index >= 15 is 0 Å². The number of aryl methyl sites for hydroxylation is 1. The van der Waals surface area contributed by atoms with E-state index in [1.165, 1.54) is 25.7 Å². The largest absolute Gasteiger partial charge is 0.329 e. The normalized spacial score (nSPS) is 23.6. The minimum atomic E-state index is 0.499. The van der Waals surface area contributed by atoms with Gasteiger partial charge in [-0.1, -0.05) is 26.7 Å². The van der Waals surface area contributed by atoms with E-state index in [9.17, 15) is 0 Å². The lowest BCUT2D eigenvalue weighted by molar-refractivity contribution is 0.186. The van der Waals surface area contributed by atoms with Gasteiger partial charge >= 0.3 is 0 Å². The zero-order valence-corrected chi connectivity index (χ0v) is 13.3. The average Bonchev–Trinajstić information content (AvgIpc) is 2.74. The molecule has 0 aliphatic heterocycles. The van der Waals surface area contributed by atoms with Gasteiger partial charge < -0.3 is 4.98 Å². The number of aromatic amines is 1. The predicted octanol–water partition coefficient (Wildman–Crippen LogP) is 4.79. The number of fused-ring (bicyclic) bond motifs is 1. The van der Waals surface area contributed by atoms with E-state index in [1.54, 1.807) is 0 Å². The molecule has 108 valence electrons. The van der Waals surface area contributed by atoms with Crippen molar-refractivity contribution in [2.24, 2.45) is 11.8 Å². The van der Waals surface area contributed by atoms with Gasteiger partial charge in [0.25, 0.3) is 0 Å². The van der Waals surface area contributed by atoms with Crippen molar-refractivity contribution >= 4 is 23.4 Å². The van der Waals surface area contributed by atoms with Crippen LogP contribution in [0.5, 0.6) is 0 Å². The average molecular weight is 289 g/mol. The van der Waals surface area contributed by atoms with E-state index in [2.05, 4.69) is 29.5 Å². The van der Waals surface area contributed by atoms with Crippen molar-refractivity contribution in [2.45, 2.75) is 52.5 Å². The highest BCUT2D eigenvalue weighted by Gasteiger charge is 2.30. The summed E-state index contributed by atoms with van der Waals surface area (Å²) >= 11 is 5.58. The first-order valence-corrected chi connectivity index (χ1v) is 8.06. The lowest BCUT2D eigenvalue weighted by Gasteiger charge is -2.35. The molecule has 2 heterocycles. The standard InChI is InChI=1S/C16H23N3S/c1-10(2)12-6-4-5-7-14(12)19-15-13(18-16(19)20)9-8-11(3)17-15/h8-10,12,14H,4-7H2,1-3H3,(H,18,20). The summed E-state index contributed by atoms with van der Waals surface area (Å²) in [5.41, 5.74) is 3.15. The van der Waals surface area contributed by atoms with Gasteiger partial charge in [0.05, 0.1) is 5.52 Å². The van der Waals surface area contributed by atoms with Crippen LogP contribution >= 0.6 is 12.2 Å². The molecule has 1 N–H and O–H groups in total. The summed E-state index contributed by atoms with van der Waals surface area (Å²) in [5.74, 6) is 1.40. The van der Waals surface area contributed by atoms with E-state index in [0.29, 0.717) is 17.9 Å². The minimum Gasteiger partial charge on any atom is -0.329 e. The topological polar surface area (TPSA) is 33.6 Å². The molecule has 2 aromatic heterocycles. The Balaban J connectivity index is 2.14. The molecule has 1 aliphatic carbocycles. The fourth-order valence-corrected chi connectivity index (χ4v) is 3.97. The summed E-state index contributed by atoms with van der Waals surface area (Å²) in [4.78, 5) is 8.06. The van der Waals surface area contributed by atoms with Gasteiger partial charge in [0.1, 0.15) is 0 Å². The molecule has 3 nitrogen and oxygen atoms in total. The van der Waals surface area contributed by atoms with Crippen molar-refractivity contribution in [3.8, 4) is 0 Å². The molecule has 4 heteroatoms. The Morgan fingerprint density at radius 3 is 2.80 bits per heavy atom. The molecule has 0 amide bonds.